The summed E-state index contributed by atoms with van der Waals surface area (Å²) in [5.74, 6) is -0.0917. The molecule has 1 aromatic carbocycles. The molecule has 3 aliphatic heterocycles. The maximum absolute atomic E-state index is 5.97. The number of ether oxygens (including phenoxy) is 6. The first kappa shape index (κ1) is 15.3. The number of rotatable bonds is 2. The van der Waals surface area contributed by atoms with Crippen LogP contribution in [0.25, 0.3) is 0 Å². The van der Waals surface area contributed by atoms with Crippen LogP contribution in [0, 0.1) is 0 Å². The molecule has 1 aromatic rings. The van der Waals surface area contributed by atoms with Crippen LogP contribution in [0.2, 0.25) is 0 Å². The highest BCUT2D eigenvalue weighted by Gasteiger charge is 2.60. The van der Waals surface area contributed by atoms with Gasteiger partial charge in [-0.2, -0.15) is 0 Å². The molecular formula is C16H18O6S. The average Bonchev–Trinajstić information content (AvgIpc) is 3.07. The van der Waals surface area contributed by atoms with E-state index in [0.29, 0.717) is 12.4 Å². The summed E-state index contributed by atoms with van der Waals surface area (Å²) in [5, 5.41) is 0.0298. The van der Waals surface area contributed by atoms with E-state index in [9.17, 15) is 0 Å². The minimum Gasteiger partial charge on any atom is -0.447 e. The van der Waals surface area contributed by atoms with Gasteiger partial charge in [-0.1, -0.05) is 18.2 Å². The van der Waals surface area contributed by atoms with Gasteiger partial charge in [0.05, 0.1) is 6.61 Å². The molecule has 0 N–H and O–H groups in total. The summed E-state index contributed by atoms with van der Waals surface area (Å²) >= 11 is 5.21. The molecular weight excluding hydrogens is 320 g/mol. The number of hydrogen-bond acceptors (Lipinski definition) is 7. The highest BCUT2D eigenvalue weighted by Crippen LogP contribution is 2.41. The Morgan fingerprint density at radius 1 is 1.17 bits per heavy atom. The van der Waals surface area contributed by atoms with Crippen molar-refractivity contribution in [3.05, 3.63) is 30.3 Å². The molecule has 4 rings (SSSR count). The van der Waals surface area contributed by atoms with Gasteiger partial charge in [0.25, 0.3) is 0 Å². The number of thiocarbonyl (C=S) groups is 1. The predicted octanol–water partition coefficient (Wildman–Crippen LogP) is 2.01. The van der Waals surface area contributed by atoms with Gasteiger partial charge in [0.2, 0.25) is 0 Å². The first-order chi connectivity index (χ1) is 11.0. The van der Waals surface area contributed by atoms with Crippen molar-refractivity contribution in [1.29, 1.82) is 0 Å². The molecule has 7 heteroatoms. The van der Waals surface area contributed by atoms with E-state index < -0.39 is 18.2 Å². The van der Waals surface area contributed by atoms with Gasteiger partial charge in [0, 0.05) is 12.2 Å². The molecule has 3 saturated heterocycles. The molecule has 23 heavy (non-hydrogen) atoms. The van der Waals surface area contributed by atoms with Gasteiger partial charge in [-0.15, -0.1) is 0 Å². The number of para-hydroxylation sites is 1. The third kappa shape index (κ3) is 2.95. The Morgan fingerprint density at radius 2 is 1.91 bits per heavy atom. The lowest BCUT2D eigenvalue weighted by Crippen LogP contribution is -2.54. The van der Waals surface area contributed by atoms with E-state index in [1.807, 2.05) is 44.2 Å². The molecule has 124 valence electrons. The van der Waals surface area contributed by atoms with Gasteiger partial charge >= 0.3 is 5.24 Å². The van der Waals surface area contributed by atoms with Crippen LogP contribution in [0.5, 0.6) is 5.75 Å². The third-order valence-corrected chi connectivity index (χ3v) is 4.21. The summed E-state index contributed by atoms with van der Waals surface area (Å²) in [4.78, 5) is 0. The zero-order valence-corrected chi connectivity index (χ0v) is 13.7. The maximum Gasteiger partial charge on any atom is 0.358 e. The Balaban J connectivity index is 1.48. The minimum atomic E-state index is -0.712. The molecule has 2 bridgehead atoms. The second-order valence-electron chi connectivity index (χ2n) is 6.19. The second-order valence-corrected chi connectivity index (χ2v) is 6.52. The Morgan fingerprint density at radius 3 is 2.70 bits per heavy atom. The Bertz CT molecular complexity index is 591. The van der Waals surface area contributed by atoms with E-state index in [-0.39, 0.29) is 23.5 Å². The van der Waals surface area contributed by atoms with Crippen LogP contribution in [0.1, 0.15) is 13.8 Å². The van der Waals surface area contributed by atoms with Crippen LogP contribution in [-0.2, 0) is 23.7 Å². The van der Waals surface area contributed by atoms with E-state index in [0.717, 1.165) is 0 Å². The topological polar surface area (TPSA) is 55.4 Å². The van der Waals surface area contributed by atoms with Crippen molar-refractivity contribution >= 4 is 17.5 Å². The summed E-state index contributed by atoms with van der Waals surface area (Å²) in [7, 11) is 0. The van der Waals surface area contributed by atoms with Crippen molar-refractivity contribution in [2.45, 2.75) is 50.3 Å². The van der Waals surface area contributed by atoms with E-state index in [2.05, 4.69) is 0 Å². The molecule has 3 fully saturated rings. The smallest absolute Gasteiger partial charge is 0.358 e. The van der Waals surface area contributed by atoms with E-state index >= 15 is 0 Å². The molecule has 0 radical (unpaired) electrons. The molecule has 0 saturated carbocycles. The summed E-state index contributed by atoms with van der Waals surface area (Å²) in [6.07, 6.45) is -1.76. The normalized spacial score (nSPS) is 37.2. The highest BCUT2D eigenvalue weighted by atomic mass is 32.1. The first-order valence-electron chi connectivity index (χ1n) is 7.58. The van der Waals surface area contributed by atoms with Crippen LogP contribution in [0.3, 0.4) is 0 Å². The minimum absolute atomic E-state index is 0.0298. The van der Waals surface area contributed by atoms with E-state index in [1.54, 1.807) is 0 Å². The third-order valence-electron chi connectivity index (χ3n) is 4.03. The van der Waals surface area contributed by atoms with Gasteiger partial charge in [0.15, 0.2) is 18.2 Å². The van der Waals surface area contributed by atoms with Gasteiger partial charge in [-0.3, -0.25) is 0 Å². The molecule has 3 aliphatic rings. The SMILES string of the molecule is CC1(C)O[C@@H]2[C@H](O1)[C@@H]1OC[C@@H](O1)[C@H]2OC(=S)Oc1ccccc1. The molecule has 0 aliphatic carbocycles. The maximum atomic E-state index is 5.97. The second kappa shape index (κ2) is 5.68. The summed E-state index contributed by atoms with van der Waals surface area (Å²) in [5.41, 5.74) is 0. The first-order valence-corrected chi connectivity index (χ1v) is 7.99. The highest BCUT2D eigenvalue weighted by molar-refractivity contribution is 7.79. The number of fused-ring (bicyclic) bond motifs is 4. The standard InChI is InChI=1S/C16H18O6S/c1-16(2)21-12-11(10-8-17-14(19-10)13(12)22-16)20-15(23)18-9-6-4-3-5-7-9/h3-7,10-14H,8H2,1-2H3/t10-,11-,12+,13+,14-/m1/s1. The summed E-state index contributed by atoms with van der Waals surface area (Å²) in [6, 6.07) is 9.25. The van der Waals surface area contributed by atoms with Crippen LogP contribution in [0.15, 0.2) is 30.3 Å². The van der Waals surface area contributed by atoms with Crippen molar-refractivity contribution in [1.82, 2.24) is 0 Å². The lowest BCUT2D eigenvalue weighted by atomic mass is 10.0. The van der Waals surface area contributed by atoms with Gasteiger partial charge < -0.3 is 28.4 Å². The number of hydrogen-bond donors (Lipinski definition) is 0. The number of benzene rings is 1. The van der Waals surface area contributed by atoms with Gasteiger partial charge in [0.1, 0.15) is 24.1 Å². The monoisotopic (exact) mass is 338 g/mol. The Hall–Kier alpha value is -1.25. The fourth-order valence-electron chi connectivity index (χ4n) is 3.14. The van der Waals surface area contributed by atoms with Crippen molar-refractivity contribution in [3.8, 4) is 5.75 Å². The van der Waals surface area contributed by atoms with Crippen molar-refractivity contribution in [2.75, 3.05) is 6.61 Å². The van der Waals surface area contributed by atoms with E-state index in [4.69, 9.17) is 40.6 Å². The lowest BCUT2D eigenvalue weighted by Gasteiger charge is -2.34. The predicted molar refractivity (Wildman–Crippen MR) is 83.0 cm³/mol. The van der Waals surface area contributed by atoms with Gasteiger partial charge in [-0.05, 0) is 26.0 Å². The molecule has 0 spiro atoms. The zero-order chi connectivity index (χ0) is 16.0. The Kier molecular flexibility index (Phi) is 3.78. The molecule has 0 unspecified atom stereocenters. The van der Waals surface area contributed by atoms with E-state index in [1.165, 1.54) is 0 Å². The fourth-order valence-corrected chi connectivity index (χ4v) is 3.35. The van der Waals surface area contributed by atoms with Crippen LogP contribution in [0.4, 0.5) is 0 Å². The molecule has 6 nitrogen and oxygen atoms in total. The van der Waals surface area contributed by atoms with Crippen LogP contribution in [-0.4, -0.2) is 48.3 Å². The molecule has 0 amide bonds. The summed E-state index contributed by atoms with van der Waals surface area (Å²) < 4.78 is 34.6. The van der Waals surface area contributed by atoms with Crippen molar-refractivity contribution in [3.63, 3.8) is 0 Å². The molecule has 5 atom stereocenters. The van der Waals surface area contributed by atoms with Gasteiger partial charge in [-0.25, -0.2) is 0 Å². The van der Waals surface area contributed by atoms with Crippen LogP contribution < -0.4 is 4.74 Å². The van der Waals surface area contributed by atoms with Crippen molar-refractivity contribution < 1.29 is 28.4 Å². The quantitative estimate of drug-likeness (QED) is 0.765. The largest absolute Gasteiger partial charge is 0.447 e. The zero-order valence-electron chi connectivity index (χ0n) is 12.8. The lowest BCUT2D eigenvalue weighted by molar-refractivity contribution is -0.197. The Labute approximate surface area is 139 Å². The fraction of sp³-hybridized carbons (Fsp3) is 0.562. The average molecular weight is 338 g/mol. The summed E-state index contributed by atoms with van der Waals surface area (Å²) in [6.45, 7) is 4.13. The molecule has 0 aromatic heterocycles. The van der Waals surface area contributed by atoms with Crippen molar-refractivity contribution in [2.24, 2.45) is 0 Å². The molecule has 3 heterocycles. The van der Waals surface area contributed by atoms with Crippen LogP contribution >= 0.6 is 12.2 Å².